The molecule has 0 saturated carbocycles. The van der Waals surface area contributed by atoms with E-state index in [0.29, 0.717) is 0 Å². The average Bonchev–Trinajstić information content (AvgIpc) is 2.92. The monoisotopic (exact) mass is 301 g/mol. The second-order valence-corrected chi connectivity index (χ2v) is 6.94. The van der Waals surface area contributed by atoms with E-state index in [9.17, 15) is 0 Å². The van der Waals surface area contributed by atoms with E-state index in [4.69, 9.17) is 4.74 Å². The van der Waals surface area contributed by atoms with Gasteiger partial charge >= 0.3 is 0 Å². The van der Waals surface area contributed by atoms with Gasteiger partial charge in [-0.05, 0) is 57.4 Å². The molecule has 1 aromatic carbocycles. The van der Waals surface area contributed by atoms with Gasteiger partial charge in [0.25, 0.3) is 0 Å². The fourth-order valence-corrected chi connectivity index (χ4v) is 4.57. The Morgan fingerprint density at radius 2 is 2.00 bits per heavy atom. The molecule has 1 heterocycles. The van der Waals surface area contributed by atoms with Crippen molar-refractivity contribution in [2.45, 2.75) is 38.6 Å². The SMILES string of the molecule is CNC(c1cc2c(s1)CCCC2)c1cc(C)ccc1OC. The van der Waals surface area contributed by atoms with Crippen molar-refractivity contribution >= 4 is 11.3 Å². The van der Waals surface area contributed by atoms with Crippen LogP contribution in [0.2, 0.25) is 0 Å². The van der Waals surface area contributed by atoms with Crippen molar-refractivity contribution in [3.8, 4) is 5.75 Å². The molecule has 3 rings (SSSR count). The predicted molar refractivity (Wildman–Crippen MR) is 89.6 cm³/mol. The third-order valence-electron chi connectivity index (χ3n) is 4.29. The Morgan fingerprint density at radius 1 is 1.19 bits per heavy atom. The number of nitrogens with one attached hydrogen (secondary N) is 1. The largest absolute Gasteiger partial charge is 0.496 e. The molecule has 0 radical (unpaired) electrons. The highest BCUT2D eigenvalue weighted by molar-refractivity contribution is 7.12. The van der Waals surface area contributed by atoms with Gasteiger partial charge in [0.1, 0.15) is 5.75 Å². The maximum Gasteiger partial charge on any atom is 0.124 e. The highest BCUT2D eigenvalue weighted by Crippen LogP contribution is 2.38. The van der Waals surface area contributed by atoms with E-state index in [1.165, 1.54) is 41.7 Å². The van der Waals surface area contributed by atoms with Crippen LogP contribution in [0.1, 0.15) is 45.3 Å². The van der Waals surface area contributed by atoms with Gasteiger partial charge in [0.15, 0.2) is 0 Å². The molecule has 0 amide bonds. The molecule has 0 spiro atoms. The maximum absolute atomic E-state index is 5.57. The summed E-state index contributed by atoms with van der Waals surface area (Å²) in [6.07, 6.45) is 5.17. The summed E-state index contributed by atoms with van der Waals surface area (Å²) in [6, 6.07) is 9.04. The Balaban J connectivity index is 2.02. The van der Waals surface area contributed by atoms with E-state index >= 15 is 0 Å². The van der Waals surface area contributed by atoms with E-state index in [1.807, 2.05) is 18.4 Å². The highest BCUT2D eigenvalue weighted by atomic mass is 32.1. The molecule has 1 atom stereocenters. The van der Waals surface area contributed by atoms with Gasteiger partial charge in [0, 0.05) is 15.3 Å². The first-order valence-electron chi connectivity index (χ1n) is 7.66. The number of methoxy groups -OCH3 is 1. The number of benzene rings is 1. The second kappa shape index (κ2) is 6.20. The van der Waals surface area contributed by atoms with Crippen molar-refractivity contribution in [1.82, 2.24) is 5.32 Å². The summed E-state index contributed by atoms with van der Waals surface area (Å²) in [5.74, 6) is 0.964. The topological polar surface area (TPSA) is 21.3 Å². The number of ether oxygens (including phenoxy) is 1. The van der Waals surface area contributed by atoms with Crippen molar-refractivity contribution in [2.24, 2.45) is 0 Å². The van der Waals surface area contributed by atoms with Gasteiger partial charge in [0.2, 0.25) is 0 Å². The van der Waals surface area contributed by atoms with Crippen molar-refractivity contribution in [3.63, 3.8) is 0 Å². The Morgan fingerprint density at radius 3 is 2.71 bits per heavy atom. The molecule has 1 aliphatic carbocycles. The Labute approximate surface area is 131 Å². The van der Waals surface area contributed by atoms with Gasteiger partial charge < -0.3 is 10.1 Å². The molecule has 112 valence electrons. The molecule has 3 heteroatoms. The number of hydrogen-bond donors (Lipinski definition) is 1. The molecule has 0 aliphatic heterocycles. The van der Waals surface area contributed by atoms with Gasteiger partial charge in [-0.15, -0.1) is 11.3 Å². The molecule has 0 fully saturated rings. The zero-order valence-corrected chi connectivity index (χ0v) is 13.8. The van der Waals surface area contributed by atoms with Gasteiger partial charge in [-0.3, -0.25) is 0 Å². The first kappa shape index (κ1) is 14.6. The summed E-state index contributed by atoms with van der Waals surface area (Å²) in [5, 5.41) is 3.48. The van der Waals surface area contributed by atoms with Crippen LogP contribution in [0.3, 0.4) is 0 Å². The minimum absolute atomic E-state index is 0.218. The molecular weight excluding hydrogens is 278 g/mol. The van der Waals surface area contributed by atoms with E-state index in [0.717, 1.165) is 5.75 Å². The van der Waals surface area contributed by atoms with E-state index in [2.05, 4.69) is 36.5 Å². The van der Waals surface area contributed by atoms with E-state index in [-0.39, 0.29) is 6.04 Å². The minimum atomic E-state index is 0.218. The van der Waals surface area contributed by atoms with Crippen LogP contribution in [0.15, 0.2) is 24.3 Å². The molecule has 21 heavy (non-hydrogen) atoms. The molecule has 2 aromatic rings. The quantitative estimate of drug-likeness (QED) is 0.911. The Kier molecular flexibility index (Phi) is 4.32. The third-order valence-corrected chi connectivity index (χ3v) is 5.59. The zero-order chi connectivity index (χ0) is 14.8. The second-order valence-electron chi connectivity index (χ2n) is 5.77. The molecule has 0 saturated heterocycles. The lowest BCUT2D eigenvalue weighted by atomic mass is 9.97. The Bertz CT molecular complexity index is 609. The number of rotatable bonds is 4. The molecule has 1 unspecified atom stereocenters. The fourth-order valence-electron chi connectivity index (χ4n) is 3.19. The lowest BCUT2D eigenvalue weighted by Crippen LogP contribution is -2.17. The maximum atomic E-state index is 5.57. The number of aryl methyl sites for hydroxylation is 3. The van der Waals surface area contributed by atoms with Crippen molar-refractivity contribution < 1.29 is 4.74 Å². The van der Waals surface area contributed by atoms with Gasteiger partial charge in [-0.25, -0.2) is 0 Å². The standard InChI is InChI=1S/C18H23NOS/c1-12-8-9-15(20-3)14(10-12)18(19-2)17-11-13-6-4-5-7-16(13)21-17/h8-11,18-19H,4-7H2,1-3H3. The zero-order valence-electron chi connectivity index (χ0n) is 13.0. The smallest absolute Gasteiger partial charge is 0.124 e. The average molecular weight is 301 g/mol. The third kappa shape index (κ3) is 2.85. The highest BCUT2D eigenvalue weighted by Gasteiger charge is 2.22. The first-order valence-corrected chi connectivity index (χ1v) is 8.48. The molecule has 1 aliphatic rings. The summed E-state index contributed by atoms with van der Waals surface area (Å²) in [7, 11) is 3.78. The summed E-state index contributed by atoms with van der Waals surface area (Å²) >= 11 is 1.97. The van der Waals surface area contributed by atoms with Crippen LogP contribution in [0.25, 0.3) is 0 Å². The number of fused-ring (bicyclic) bond motifs is 1. The fraction of sp³-hybridized carbons (Fsp3) is 0.444. The summed E-state index contributed by atoms with van der Waals surface area (Å²) in [5.41, 5.74) is 4.07. The molecule has 1 aromatic heterocycles. The molecule has 0 bridgehead atoms. The summed E-state index contributed by atoms with van der Waals surface area (Å²) in [6.45, 7) is 2.13. The summed E-state index contributed by atoms with van der Waals surface area (Å²) < 4.78 is 5.57. The van der Waals surface area contributed by atoms with Gasteiger partial charge in [-0.1, -0.05) is 17.7 Å². The van der Waals surface area contributed by atoms with Crippen LogP contribution in [-0.2, 0) is 12.8 Å². The van der Waals surface area contributed by atoms with Crippen LogP contribution in [0, 0.1) is 6.92 Å². The van der Waals surface area contributed by atoms with Crippen LogP contribution in [-0.4, -0.2) is 14.2 Å². The first-order chi connectivity index (χ1) is 10.2. The van der Waals surface area contributed by atoms with Crippen LogP contribution >= 0.6 is 11.3 Å². The van der Waals surface area contributed by atoms with Gasteiger partial charge in [-0.2, -0.15) is 0 Å². The molecule has 2 nitrogen and oxygen atoms in total. The van der Waals surface area contributed by atoms with Crippen LogP contribution < -0.4 is 10.1 Å². The molecule has 1 N–H and O–H groups in total. The summed E-state index contributed by atoms with van der Waals surface area (Å²) in [4.78, 5) is 3.00. The number of hydrogen-bond acceptors (Lipinski definition) is 3. The molecular formula is C18H23NOS. The van der Waals surface area contributed by atoms with Crippen molar-refractivity contribution in [3.05, 3.63) is 50.7 Å². The van der Waals surface area contributed by atoms with Crippen molar-refractivity contribution in [1.29, 1.82) is 0 Å². The van der Waals surface area contributed by atoms with E-state index < -0.39 is 0 Å². The van der Waals surface area contributed by atoms with Crippen molar-refractivity contribution in [2.75, 3.05) is 14.2 Å². The van der Waals surface area contributed by atoms with Crippen LogP contribution in [0.5, 0.6) is 5.75 Å². The lowest BCUT2D eigenvalue weighted by molar-refractivity contribution is 0.405. The number of thiophene rings is 1. The predicted octanol–water partition coefficient (Wildman–Crippen LogP) is 4.25. The Hall–Kier alpha value is -1.32. The van der Waals surface area contributed by atoms with Gasteiger partial charge in [0.05, 0.1) is 13.2 Å². The minimum Gasteiger partial charge on any atom is -0.496 e. The van der Waals surface area contributed by atoms with Crippen LogP contribution in [0.4, 0.5) is 0 Å². The van der Waals surface area contributed by atoms with E-state index in [1.54, 1.807) is 17.6 Å². The normalized spacial score (nSPS) is 15.6. The lowest BCUT2D eigenvalue weighted by Gasteiger charge is -2.19.